The summed E-state index contributed by atoms with van der Waals surface area (Å²) in [5.41, 5.74) is 1.61. The third-order valence-electron chi connectivity index (χ3n) is 6.18. The molecule has 3 aromatic carbocycles. The van der Waals surface area contributed by atoms with E-state index in [9.17, 15) is 22.8 Å². The lowest BCUT2D eigenvalue weighted by Crippen LogP contribution is -2.26. The van der Waals surface area contributed by atoms with E-state index in [1.807, 2.05) is 37.3 Å². The molecule has 6 nitrogen and oxygen atoms in total. The van der Waals surface area contributed by atoms with E-state index in [-0.39, 0.29) is 36.7 Å². The van der Waals surface area contributed by atoms with Crippen LogP contribution in [0.25, 0.3) is 11.1 Å². The molecule has 0 saturated carbocycles. The van der Waals surface area contributed by atoms with Gasteiger partial charge in [-0.3, -0.25) is 4.79 Å². The number of benzene rings is 3. The third kappa shape index (κ3) is 8.38. The van der Waals surface area contributed by atoms with Gasteiger partial charge in [-0.1, -0.05) is 56.0 Å². The van der Waals surface area contributed by atoms with Crippen molar-refractivity contribution in [2.24, 2.45) is 0 Å². The molecule has 0 bridgehead atoms. The highest BCUT2D eigenvalue weighted by Crippen LogP contribution is 2.40. The molecule has 0 spiro atoms. The highest BCUT2D eigenvalue weighted by molar-refractivity contribution is 5.95. The van der Waals surface area contributed by atoms with Crippen molar-refractivity contribution in [1.29, 1.82) is 0 Å². The summed E-state index contributed by atoms with van der Waals surface area (Å²) in [6, 6.07) is 15.1. The second-order valence-electron chi connectivity index (χ2n) is 10.5. The van der Waals surface area contributed by atoms with Gasteiger partial charge in [0.15, 0.2) is 0 Å². The first-order chi connectivity index (χ1) is 19.8. The molecule has 0 saturated heterocycles. The van der Waals surface area contributed by atoms with Gasteiger partial charge in [0.25, 0.3) is 0 Å². The number of esters is 2. The minimum Gasteiger partial charge on any atom is -0.489 e. The molecule has 0 atom stereocenters. The number of methoxy groups -OCH3 is 1. The predicted molar refractivity (Wildman–Crippen MR) is 154 cm³/mol. The molecule has 0 unspecified atom stereocenters. The van der Waals surface area contributed by atoms with Crippen molar-refractivity contribution in [3.05, 3.63) is 95.1 Å². The van der Waals surface area contributed by atoms with Gasteiger partial charge in [0.2, 0.25) is 0 Å². The van der Waals surface area contributed by atoms with E-state index in [2.05, 4.69) is 6.58 Å². The number of carbonyl (C=O) groups is 2. The summed E-state index contributed by atoms with van der Waals surface area (Å²) in [7, 11) is 1.35. The van der Waals surface area contributed by atoms with E-state index in [4.69, 9.17) is 18.9 Å². The van der Waals surface area contributed by atoms with Crippen LogP contribution in [0.1, 0.15) is 60.3 Å². The Balaban J connectivity index is 1.91. The maximum absolute atomic E-state index is 13.9. The van der Waals surface area contributed by atoms with Crippen molar-refractivity contribution in [3.8, 4) is 22.6 Å². The van der Waals surface area contributed by atoms with E-state index in [1.165, 1.54) is 19.3 Å². The number of rotatable bonds is 11. The van der Waals surface area contributed by atoms with Crippen molar-refractivity contribution in [3.63, 3.8) is 0 Å². The van der Waals surface area contributed by atoms with Gasteiger partial charge in [-0.25, -0.2) is 4.79 Å². The molecule has 0 fully saturated rings. The van der Waals surface area contributed by atoms with Crippen molar-refractivity contribution in [2.75, 3.05) is 13.7 Å². The fourth-order valence-electron chi connectivity index (χ4n) is 4.27. The molecule has 0 N–H and O–H groups in total. The molecule has 0 aliphatic carbocycles. The Bertz CT molecular complexity index is 1420. The molecule has 0 aromatic heterocycles. The lowest BCUT2D eigenvalue weighted by molar-refractivity contribution is -0.140. The van der Waals surface area contributed by atoms with Gasteiger partial charge in [0.1, 0.15) is 35.9 Å². The normalized spacial score (nSPS) is 11.5. The minimum absolute atomic E-state index is 0.176. The number of hydrogen-bond donors (Lipinski definition) is 0. The molecule has 3 aromatic rings. The second kappa shape index (κ2) is 13.6. The first kappa shape index (κ1) is 32.2. The Morgan fingerprint density at radius 1 is 0.929 bits per heavy atom. The largest absolute Gasteiger partial charge is 0.489 e. The van der Waals surface area contributed by atoms with Crippen LogP contribution in [0.15, 0.2) is 67.3 Å². The third-order valence-corrected chi connectivity index (χ3v) is 6.18. The van der Waals surface area contributed by atoms with E-state index in [0.717, 1.165) is 34.7 Å². The molecular weight excluding hydrogens is 549 g/mol. The van der Waals surface area contributed by atoms with E-state index >= 15 is 0 Å². The molecule has 3 rings (SSSR count). The number of aryl methyl sites for hydroxylation is 1. The van der Waals surface area contributed by atoms with Crippen molar-refractivity contribution in [2.45, 2.75) is 58.9 Å². The van der Waals surface area contributed by atoms with Crippen LogP contribution in [0.3, 0.4) is 0 Å². The summed E-state index contributed by atoms with van der Waals surface area (Å²) in [6.07, 6.45) is -2.54. The topological polar surface area (TPSA) is 71.1 Å². The number of halogens is 3. The van der Waals surface area contributed by atoms with Gasteiger partial charge in [-0.05, 0) is 67.6 Å². The quantitative estimate of drug-likeness (QED) is 0.170. The summed E-state index contributed by atoms with van der Waals surface area (Å²) >= 11 is 0. The molecule has 0 radical (unpaired) electrons. The Hall–Kier alpha value is -4.27. The standard InChI is InChI=1S/C33H35F3O6/c1-7-17-40-30-27(33(34,35)36)16-12-24(29(30)31(38)42-32(3,4)5)20-41-25-13-10-23(11-14-25)26-15-9-21(18-22(26)8-2)19-28(37)39-6/h7,9-16,18H,1,8,17,19-20H2,2-6H3. The average Bonchev–Trinajstić information content (AvgIpc) is 2.93. The fraction of sp³-hybridized carbons (Fsp3) is 0.333. The summed E-state index contributed by atoms with van der Waals surface area (Å²) in [5, 5.41) is 0. The van der Waals surface area contributed by atoms with Gasteiger partial charge in [0.05, 0.1) is 19.1 Å². The minimum atomic E-state index is -4.77. The van der Waals surface area contributed by atoms with Gasteiger partial charge < -0.3 is 18.9 Å². The van der Waals surface area contributed by atoms with Crippen molar-refractivity contribution < 1.29 is 41.7 Å². The molecule has 0 aliphatic heterocycles. The van der Waals surface area contributed by atoms with E-state index in [0.29, 0.717) is 5.75 Å². The van der Waals surface area contributed by atoms with Crippen LogP contribution in [-0.4, -0.2) is 31.3 Å². The summed E-state index contributed by atoms with van der Waals surface area (Å²) < 4.78 is 63.0. The van der Waals surface area contributed by atoms with Gasteiger partial charge >= 0.3 is 18.1 Å². The van der Waals surface area contributed by atoms with E-state index in [1.54, 1.807) is 32.9 Å². The van der Waals surface area contributed by atoms with Crippen molar-refractivity contribution in [1.82, 2.24) is 0 Å². The maximum atomic E-state index is 13.9. The van der Waals surface area contributed by atoms with Gasteiger partial charge in [-0.2, -0.15) is 13.2 Å². The Morgan fingerprint density at radius 3 is 2.19 bits per heavy atom. The summed E-state index contributed by atoms with van der Waals surface area (Å²) in [5.74, 6) is -1.45. The Labute approximate surface area is 244 Å². The van der Waals surface area contributed by atoms with Gasteiger partial charge in [0, 0.05) is 5.56 Å². The second-order valence-corrected chi connectivity index (χ2v) is 10.5. The Kier molecular flexibility index (Phi) is 10.4. The van der Waals surface area contributed by atoms with Gasteiger partial charge in [-0.15, -0.1) is 0 Å². The zero-order valence-electron chi connectivity index (χ0n) is 24.4. The highest BCUT2D eigenvalue weighted by Gasteiger charge is 2.38. The highest BCUT2D eigenvalue weighted by atomic mass is 19.4. The van der Waals surface area contributed by atoms with Crippen molar-refractivity contribution >= 4 is 11.9 Å². The van der Waals surface area contributed by atoms with Crippen LogP contribution in [0.5, 0.6) is 11.5 Å². The molecule has 0 heterocycles. The molecular formula is C33H35F3O6. The molecule has 42 heavy (non-hydrogen) atoms. The SMILES string of the molecule is C=CCOc1c(C(F)(F)F)ccc(COc2ccc(-c3ccc(CC(=O)OC)cc3CC)cc2)c1C(=O)OC(C)(C)C. The first-order valence-corrected chi connectivity index (χ1v) is 13.4. The summed E-state index contributed by atoms with van der Waals surface area (Å²) in [6.45, 7) is 9.93. The number of carbonyl (C=O) groups excluding carboxylic acids is 2. The number of ether oxygens (including phenoxy) is 4. The first-order valence-electron chi connectivity index (χ1n) is 13.4. The van der Waals surface area contributed by atoms with E-state index < -0.39 is 29.1 Å². The maximum Gasteiger partial charge on any atom is 0.419 e. The monoisotopic (exact) mass is 584 g/mol. The molecule has 0 amide bonds. The smallest absolute Gasteiger partial charge is 0.419 e. The predicted octanol–water partition coefficient (Wildman–Crippen LogP) is 7.75. The molecule has 0 aliphatic rings. The zero-order chi connectivity index (χ0) is 31.1. The fourth-order valence-corrected chi connectivity index (χ4v) is 4.27. The van der Waals surface area contributed by atoms with Crippen LogP contribution >= 0.6 is 0 Å². The lowest BCUT2D eigenvalue weighted by atomic mass is 9.95. The zero-order valence-corrected chi connectivity index (χ0v) is 24.4. The van der Waals surface area contributed by atoms with Crippen LogP contribution in [0, 0.1) is 0 Å². The van der Waals surface area contributed by atoms with Crippen LogP contribution in [-0.2, 0) is 39.9 Å². The number of alkyl halides is 3. The van der Waals surface area contributed by atoms with Crippen LogP contribution in [0.2, 0.25) is 0 Å². The molecule has 224 valence electrons. The number of hydrogen-bond acceptors (Lipinski definition) is 6. The Morgan fingerprint density at radius 2 is 1.62 bits per heavy atom. The van der Waals surface area contributed by atoms with Crippen LogP contribution < -0.4 is 9.47 Å². The summed E-state index contributed by atoms with van der Waals surface area (Å²) in [4.78, 5) is 24.8. The average molecular weight is 585 g/mol. The molecule has 9 heteroatoms. The lowest BCUT2D eigenvalue weighted by Gasteiger charge is -2.24. The van der Waals surface area contributed by atoms with Crippen LogP contribution in [0.4, 0.5) is 13.2 Å².